The van der Waals surface area contributed by atoms with E-state index in [0.29, 0.717) is 0 Å². The number of piperazine rings is 1. The fourth-order valence-electron chi connectivity index (χ4n) is 3.79. The minimum Gasteiger partial charge on any atom is -0.497 e. The molecule has 0 N–H and O–H groups in total. The number of allylic oxidation sites excluding steroid dienone is 3. The topological polar surface area (TPSA) is 31.3 Å². The van der Waals surface area contributed by atoms with Crippen LogP contribution in [0.1, 0.15) is 18.9 Å². The molecule has 1 aliphatic carbocycles. The largest absolute Gasteiger partial charge is 0.497 e. The fourth-order valence-corrected chi connectivity index (χ4v) is 3.79. The fraction of sp³-hybridized carbons (Fsp3) is 0.476. The van der Waals surface area contributed by atoms with Gasteiger partial charge in [0, 0.05) is 49.9 Å². The summed E-state index contributed by atoms with van der Waals surface area (Å²) in [6, 6.07) is 6.18. The molecule has 1 saturated heterocycles. The number of ether oxygens (including phenoxy) is 1. The summed E-state index contributed by atoms with van der Waals surface area (Å²) in [6.07, 6.45) is 8.00. The number of nitrogens with zero attached hydrogens (tertiary/aromatic N) is 4. The highest BCUT2D eigenvalue weighted by molar-refractivity contribution is 5.97. The van der Waals surface area contributed by atoms with Gasteiger partial charge in [0.1, 0.15) is 5.75 Å². The summed E-state index contributed by atoms with van der Waals surface area (Å²) in [4.78, 5) is 12.0. The van der Waals surface area contributed by atoms with Crippen LogP contribution in [0, 0.1) is 5.41 Å². The Hall–Kier alpha value is -2.27. The molecule has 1 aromatic rings. The van der Waals surface area contributed by atoms with Gasteiger partial charge in [-0.15, -0.1) is 0 Å². The van der Waals surface area contributed by atoms with Gasteiger partial charge in [-0.3, -0.25) is 0 Å². The molecule has 0 amide bonds. The molecule has 0 saturated carbocycles. The zero-order chi connectivity index (χ0) is 18.3. The number of methoxy groups -OCH3 is 1. The van der Waals surface area contributed by atoms with Crippen LogP contribution in [0.4, 0.5) is 5.69 Å². The van der Waals surface area contributed by atoms with Gasteiger partial charge >= 0.3 is 0 Å². The Labute approximate surface area is 156 Å². The quantitative estimate of drug-likeness (QED) is 0.765. The molecule has 138 valence electrons. The molecule has 1 unspecified atom stereocenters. The van der Waals surface area contributed by atoms with Gasteiger partial charge in [0.2, 0.25) is 5.96 Å². The molecule has 0 radical (unpaired) electrons. The first-order valence-corrected chi connectivity index (χ1v) is 9.34. The summed E-state index contributed by atoms with van der Waals surface area (Å²) < 4.78 is 5.47. The van der Waals surface area contributed by atoms with Gasteiger partial charge in [-0.25, -0.2) is 4.99 Å². The molecule has 26 heavy (non-hydrogen) atoms. The average Bonchev–Trinajstić information content (AvgIpc) is 2.63. The highest BCUT2D eigenvalue weighted by atomic mass is 16.5. The monoisotopic (exact) mass is 352 g/mol. The number of fused-ring (bicyclic) bond motifs is 1. The van der Waals surface area contributed by atoms with Gasteiger partial charge in [0.15, 0.2) is 0 Å². The van der Waals surface area contributed by atoms with Crippen molar-refractivity contribution in [3.05, 3.63) is 42.0 Å². The number of hydrogen-bond acceptors (Lipinski definition) is 5. The second kappa shape index (κ2) is 6.47. The number of likely N-dealkylation sites (N-methyl/N-ethyl adjacent to an activating group) is 1. The lowest BCUT2D eigenvalue weighted by Crippen LogP contribution is -2.52. The normalized spacial score (nSPS) is 27.2. The molecular weight excluding hydrogens is 324 g/mol. The van der Waals surface area contributed by atoms with Crippen molar-refractivity contribution in [1.29, 1.82) is 0 Å². The van der Waals surface area contributed by atoms with Crippen molar-refractivity contribution in [2.75, 3.05) is 47.4 Å². The maximum Gasteiger partial charge on any atom is 0.206 e. The molecule has 0 aromatic heterocycles. The zero-order valence-electron chi connectivity index (χ0n) is 16.2. The van der Waals surface area contributed by atoms with Crippen LogP contribution < -0.4 is 4.74 Å². The molecule has 5 heteroatoms. The van der Waals surface area contributed by atoms with Crippen LogP contribution in [-0.2, 0) is 0 Å². The molecular formula is C21H28N4O. The van der Waals surface area contributed by atoms with Crippen LogP contribution in [0.2, 0.25) is 0 Å². The number of guanidine groups is 1. The molecule has 0 bridgehead atoms. The predicted molar refractivity (Wildman–Crippen MR) is 107 cm³/mol. The Morgan fingerprint density at radius 1 is 1.15 bits per heavy atom. The first-order chi connectivity index (χ1) is 12.5. The number of hydrogen-bond donors (Lipinski definition) is 0. The van der Waals surface area contributed by atoms with Crippen LogP contribution in [0.15, 0.2) is 41.4 Å². The van der Waals surface area contributed by atoms with E-state index in [0.717, 1.165) is 55.6 Å². The summed E-state index contributed by atoms with van der Waals surface area (Å²) in [7, 11) is 6.03. The van der Waals surface area contributed by atoms with E-state index in [1.165, 1.54) is 5.70 Å². The van der Waals surface area contributed by atoms with Crippen molar-refractivity contribution in [3.8, 4) is 5.75 Å². The van der Waals surface area contributed by atoms with Crippen molar-refractivity contribution in [1.82, 2.24) is 14.7 Å². The highest BCUT2D eigenvalue weighted by Crippen LogP contribution is 2.42. The molecule has 4 rings (SSSR count). The third kappa shape index (κ3) is 3.01. The van der Waals surface area contributed by atoms with Crippen molar-refractivity contribution in [2.24, 2.45) is 10.4 Å². The van der Waals surface area contributed by atoms with Crippen LogP contribution in [0.3, 0.4) is 0 Å². The first kappa shape index (κ1) is 17.2. The highest BCUT2D eigenvalue weighted by Gasteiger charge is 2.31. The van der Waals surface area contributed by atoms with Gasteiger partial charge in [0.25, 0.3) is 0 Å². The van der Waals surface area contributed by atoms with Crippen LogP contribution in [0.5, 0.6) is 5.75 Å². The second-order valence-electron chi connectivity index (χ2n) is 7.79. The van der Waals surface area contributed by atoms with E-state index in [9.17, 15) is 0 Å². The van der Waals surface area contributed by atoms with Gasteiger partial charge in [0.05, 0.1) is 12.8 Å². The lowest BCUT2D eigenvalue weighted by Gasteiger charge is -2.41. The van der Waals surface area contributed by atoms with E-state index in [1.807, 2.05) is 6.07 Å². The van der Waals surface area contributed by atoms with E-state index < -0.39 is 0 Å². The Bertz CT molecular complexity index is 789. The van der Waals surface area contributed by atoms with E-state index in [1.54, 1.807) is 7.11 Å². The predicted octanol–water partition coefficient (Wildman–Crippen LogP) is 3.18. The molecule has 1 fully saturated rings. The van der Waals surface area contributed by atoms with Crippen molar-refractivity contribution < 1.29 is 4.74 Å². The van der Waals surface area contributed by atoms with E-state index in [-0.39, 0.29) is 5.41 Å². The smallest absolute Gasteiger partial charge is 0.206 e. The van der Waals surface area contributed by atoms with E-state index >= 15 is 0 Å². The third-order valence-electron chi connectivity index (χ3n) is 5.67. The van der Waals surface area contributed by atoms with Crippen LogP contribution in [0.25, 0.3) is 5.70 Å². The Morgan fingerprint density at radius 3 is 2.50 bits per heavy atom. The average molecular weight is 352 g/mol. The summed E-state index contributed by atoms with van der Waals surface area (Å²) in [5.41, 5.74) is 3.51. The third-order valence-corrected chi connectivity index (χ3v) is 5.67. The Kier molecular flexibility index (Phi) is 4.27. The molecule has 5 nitrogen and oxygen atoms in total. The molecule has 1 atom stereocenters. The van der Waals surface area contributed by atoms with Crippen molar-refractivity contribution in [3.63, 3.8) is 0 Å². The number of rotatable bonds is 2. The van der Waals surface area contributed by atoms with Crippen LogP contribution in [-0.4, -0.2) is 68.0 Å². The van der Waals surface area contributed by atoms with Gasteiger partial charge in [-0.2, -0.15) is 0 Å². The van der Waals surface area contributed by atoms with Gasteiger partial charge in [-0.05, 0) is 37.7 Å². The number of benzene rings is 1. The minimum absolute atomic E-state index is 0.120. The zero-order valence-corrected chi connectivity index (χ0v) is 16.2. The summed E-state index contributed by atoms with van der Waals surface area (Å²) >= 11 is 0. The van der Waals surface area contributed by atoms with Crippen molar-refractivity contribution >= 4 is 17.3 Å². The molecule has 3 aliphatic rings. The molecule has 1 aromatic carbocycles. The maximum absolute atomic E-state index is 5.47. The maximum atomic E-state index is 5.47. The van der Waals surface area contributed by atoms with Gasteiger partial charge in [-0.1, -0.05) is 19.1 Å². The SMILES string of the molecule is COc1ccc2c(c1)/C(=C/C1(C)C=CC1)N(C)C(N1CCN(C)CC1)=N2. The standard InChI is InChI=1S/C21H28N4O/c1-21(8-5-9-21)15-19-17-14-16(26-4)6-7-18(17)22-20(24(19)3)25-12-10-23(2)11-13-25/h5-8,14-15H,9-13H2,1-4H3/b19-15-. The van der Waals surface area contributed by atoms with E-state index in [4.69, 9.17) is 9.73 Å². The Balaban J connectivity index is 1.77. The summed E-state index contributed by atoms with van der Waals surface area (Å²) in [6.45, 7) is 6.45. The van der Waals surface area contributed by atoms with Crippen LogP contribution >= 0.6 is 0 Å². The minimum atomic E-state index is 0.120. The molecule has 0 spiro atoms. The van der Waals surface area contributed by atoms with Crippen molar-refractivity contribution in [2.45, 2.75) is 13.3 Å². The number of aliphatic imine (C=N–C) groups is 1. The summed E-state index contributed by atoms with van der Waals surface area (Å²) in [5, 5.41) is 0. The van der Waals surface area contributed by atoms with E-state index in [2.05, 4.69) is 66.1 Å². The lowest BCUT2D eigenvalue weighted by molar-refractivity contribution is 0.205. The Morgan fingerprint density at radius 2 is 1.88 bits per heavy atom. The summed E-state index contributed by atoms with van der Waals surface area (Å²) in [5.74, 6) is 1.92. The van der Waals surface area contributed by atoms with Gasteiger partial charge < -0.3 is 19.4 Å². The molecule has 2 heterocycles. The lowest BCUT2D eigenvalue weighted by atomic mass is 9.77. The first-order valence-electron chi connectivity index (χ1n) is 9.34. The molecule has 2 aliphatic heterocycles. The second-order valence-corrected chi connectivity index (χ2v) is 7.79.